The van der Waals surface area contributed by atoms with Crippen LogP contribution in [0, 0.1) is 0 Å². The smallest absolute Gasteiger partial charge is 0.162 e. The minimum absolute atomic E-state index is 0.731. The van der Waals surface area contributed by atoms with Crippen LogP contribution >= 0.6 is 11.3 Å². The lowest BCUT2D eigenvalue weighted by Crippen LogP contribution is -2.01. The van der Waals surface area contributed by atoms with E-state index in [1.165, 1.54) is 37.3 Å². The van der Waals surface area contributed by atoms with E-state index in [0.717, 1.165) is 49.5 Å². The maximum absolute atomic E-state index is 5.36. The van der Waals surface area contributed by atoms with E-state index < -0.39 is 0 Å². The average molecular weight is 593 g/mol. The number of rotatable bonds is 3. The number of fused-ring (bicyclic) bond motifs is 10. The van der Waals surface area contributed by atoms with Crippen molar-refractivity contribution < 1.29 is 0 Å². The van der Waals surface area contributed by atoms with Crippen molar-refractivity contribution in [2.45, 2.75) is 0 Å². The van der Waals surface area contributed by atoms with E-state index >= 15 is 0 Å². The lowest BCUT2D eigenvalue weighted by molar-refractivity contribution is 1.08. The molecular formula is C40H24N4S. The van der Waals surface area contributed by atoms with Gasteiger partial charge < -0.3 is 4.57 Å². The van der Waals surface area contributed by atoms with Crippen molar-refractivity contribution in [3.8, 4) is 22.9 Å². The molecule has 10 rings (SSSR count). The first-order valence-electron chi connectivity index (χ1n) is 15.1. The highest BCUT2D eigenvalue weighted by molar-refractivity contribution is 7.26. The highest BCUT2D eigenvalue weighted by Crippen LogP contribution is 2.44. The molecule has 210 valence electrons. The molecule has 4 aromatic heterocycles. The number of benzene rings is 6. The Bertz CT molecular complexity index is 2750. The second-order valence-corrected chi connectivity index (χ2v) is 12.5. The molecule has 10 aromatic rings. The van der Waals surface area contributed by atoms with Crippen LogP contribution in [0.5, 0.6) is 0 Å². The van der Waals surface area contributed by atoms with Gasteiger partial charge in [-0.05, 0) is 42.5 Å². The number of nitrogens with zero attached hydrogens (tertiary/aromatic N) is 4. The second kappa shape index (κ2) is 9.36. The van der Waals surface area contributed by atoms with E-state index in [9.17, 15) is 0 Å². The Hall–Kier alpha value is -5.78. The predicted molar refractivity (Wildman–Crippen MR) is 189 cm³/mol. The molecule has 4 heterocycles. The van der Waals surface area contributed by atoms with Gasteiger partial charge in [-0.1, -0.05) is 103 Å². The van der Waals surface area contributed by atoms with Crippen LogP contribution < -0.4 is 0 Å². The minimum atomic E-state index is 0.731. The molecule has 0 unspecified atom stereocenters. The summed E-state index contributed by atoms with van der Waals surface area (Å²) in [5.41, 5.74) is 7.81. The average Bonchev–Trinajstić information content (AvgIpc) is 3.76. The second-order valence-electron chi connectivity index (χ2n) is 11.4. The van der Waals surface area contributed by atoms with Gasteiger partial charge in [0.05, 0.1) is 32.3 Å². The molecule has 0 spiro atoms. The summed E-state index contributed by atoms with van der Waals surface area (Å²) in [5.74, 6) is 1.65. The topological polar surface area (TPSA) is 35.6 Å². The van der Waals surface area contributed by atoms with Crippen molar-refractivity contribution in [2.75, 3.05) is 0 Å². The number of thiophene rings is 1. The third kappa shape index (κ3) is 3.47. The molecule has 0 bridgehead atoms. The van der Waals surface area contributed by atoms with Gasteiger partial charge in [0.15, 0.2) is 11.6 Å². The summed E-state index contributed by atoms with van der Waals surface area (Å²) in [6.45, 7) is 0. The molecule has 0 saturated heterocycles. The molecule has 0 atom stereocenters. The Balaban J connectivity index is 1.40. The number of hydrogen-bond donors (Lipinski definition) is 0. The van der Waals surface area contributed by atoms with Crippen LogP contribution in [0.3, 0.4) is 0 Å². The molecule has 0 radical (unpaired) electrons. The van der Waals surface area contributed by atoms with E-state index in [2.05, 4.69) is 137 Å². The normalized spacial score (nSPS) is 12.0. The van der Waals surface area contributed by atoms with Gasteiger partial charge in [0, 0.05) is 42.9 Å². The first-order chi connectivity index (χ1) is 22.3. The third-order valence-electron chi connectivity index (χ3n) is 8.93. The molecule has 4 nitrogen and oxygen atoms in total. The van der Waals surface area contributed by atoms with Crippen molar-refractivity contribution in [2.24, 2.45) is 0 Å². The lowest BCUT2D eigenvalue weighted by Gasteiger charge is -2.11. The van der Waals surface area contributed by atoms with E-state index in [-0.39, 0.29) is 0 Å². The first-order valence-corrected chi connectivity index (χ1v) is 15.9. The number of aromatic nitrogens is 4. The van der Waals surface area contributed by atoms with Crippen LogP contribution in [0.2, 0.25) is 0 Å². The summed E-state index contributed by atoms with van der Waals surface area (Å²) < 4.78 is 7.05. The van der Waals surface area contributed by atoms with Gasteiger partial charge in [-0.25, -0.2) is 9.97 Å². The zero-order chi connectivity index (χ0) is 29.5. The Kier molecular flexibility index (Phi) is 5.12. The lowest BCUT2D eigenvalue weighted by atomic mass is 10.1. The predicted octanol–water partition coefficient (Wildman–Crippen LogP) is 10.7. The highest BCUT2D eigenvalue weighted by atomic mass is 32.1. The van der Waals surface area contributed by atoms with Gasteiger partial charge in [-0.2, -0.15) is 0 Å². The third-order valence-corrected chi connectivity index (χ3v) is 10.1. The molecule has 5 heteroatoms. The fourth-order valence-electron chi connectivity index (χ4n) is 7.05. The van der Waals surface area contributed by atoms with E-state index in [1.807, 2.05) is 18.2 Å². The summed E-state index contributed by atoms with van der Waals surface area (Å²) in [7, 11) is 0. The van der Waals surface area contributed by atoms with Gasteiger partial charge in [0.2, 0.25) is 0 Å². The van der Waals surface area contributed by atoms with Gasteiger partial charge in [-0.15, -0.1) is 11.3 Å². The Morgan fingerprint density at radius 2 is 1.00 bits per heavy atom. The van der Waals surface area contributed by atoms with E-state index in [1.54, 1.807) is 11.3 Å². The van der Waals surface area contributed by atoms with Crippen molar-refractivity contribution in [3.05, 3.63) is 146 Å². The molecule has 0 aliphatic heterocycles. The van der Waals surface area contributed by atoms with Crippen LogP contribution in [0.25, 0.3) is 86.8 Å². The molecule has 0 aliphatic carbocycles. The molecule has 0 N–H and O–H groups in total. The summed E-state index contributed by atoms with van der Waals surface area (Å²) in [6.07, 6.45) is 0. The highest BCUT2D eigenvalue weighted by Gasteiger charge is 2.23. The molecule has 0 aliphatic rings. The summed E-state index contributed by atoms with van der Waals surface area (Å²) in [5, 5.41) is 6.11. The quantitative estimate of drug-likeness (QED) is 0.205. The molecular weight excluding hydrogens is 569 g/mol. The minimum Gasteiger partial charge on any atom is -0.309 e. The zero-order valence-corrected chi connectivity index (χ0v) is 24.9. The van der Waals surface area contributed by atoms with Gasteiger partial charge in [0.25, 0.3) is 0 Å². The van der Waals surface area contributed by atoms with Gasteiger partial charge in [0.1, 0.15) is 0 Å². The fraction of sp³-hybridized carbons (Fsp3) is 0. The Morgan fingerprint density at radius 3 is 1.71 bits per heavy atom. The SMILES string of the molecule is c1ccc(-c2nc(-n3c4ccccc4c4c5c6ccccc6n(-c6ccccc6)c5ccc43)c3sc4ccccc4c3n2)cc1. The Morgan fingerprint density at radius 1 is 0.444 bits per heavy atom. The standard InChI is InChI=1S/C40H24N4S/c1-3-13-25(14-4-1)39-41-37-29-19-9-12-22-34(29)45-38(37)40(42-39)44-31-21-11-8-18-28(31)36-33(44)24-23-32-35(36)27-17-7-10-20-30(27)43(32)26-15-5-2-6-16-26/h1-24H. The van der Waals surface area contributed by atoms with Crippen LogP contribution in [0.4, 0.5) is 0 Å². The van der Waals surface area contributed by atoms with Crippen molar-refractivity contribution >= 4 is 75.3 Å². The first kappa shape index (κ1) is 24.6. The van der Waals surface area contributed by atoms with Crippen LogP contribution in [-0.2, 0) is 0 Å². The van der Waals surface area contributed by atoms with Crippen molar-refractivity contribution in [1.29, 1.82) is 0 Å². The maximum atomic E-state index is 5.36. The summed E-state index contributed by atoms with van der Waals surface area (Å²) >= 11 is 1.77. The van der Waals surface area contributed by atoms with Crippen molar-refractivity contribution in [1.82, 2.24) is 19.1 Å². The van der Waals surface area contributed by atoms with E-state index in [0.29, 0.717) is 0 Å². The zero-order valence-electron chi connectivity index (χ0n) is 24.1. The van der Waals surface area contributed by atoms with Gasteiger partial charge >= 0.3 is 0 Å². The number of para-hydroxylation sites is 3. The number of hydrogen-bond acceptors (Lipinski definition) is 3. The fourth-order valence-corrected chi connectivity index (χ4v) is 8.17. The van der Waals surface area contributed by atoms with Crippen LogP contribution in [0.15, 0.2) is 146 Å². The van der Waals surface area contributed by atoms with Crippen LogP contribution in [-0.4, -0.2) is 19.1 Å². The molecule has 45 heavy (non-hydrogen) atoms. The van der Waals surface area contributed by atoms with E-state index in [4.69, 9.17) is 9.97 Å². The molecule has 0 saturated carbocycles. The molecule has 0 amide bonds. The molecule has 6 aromatic carbocycles. The molecule has 0 fully saturated rings. The summed E-state index contributed by atoms with van der Waals surface area (Å²) in [6, 6.07) is 51.6. The summed E-state index contributed by atoms with van der Waals surface area (Å²) in [4.78, 5) is 10.5. The van der Waals surface area contributed by atoms with Crippen LogP contribution in [0.1, 0.15) is 0 Å². The maximum Gasteiger partial charge on any atom is 0.162 e. The largest absolute Gasteiger partial charge is 0.309 e. The monoisotopic (exact) mass is 592 g/mol. The Labute approximate surface area is 262 Å². The van der Waals surface area contributed by atoms with Crippen molar-refractivity contribution in [3.63, 3.8) is 0 Å². The van der Waals surface area contributed by atoms with Gasteiger partial charge in [-0.3, -0.25) is 4.57 Å².